The third-order valence-electron chi connectivity index (χ3n) is 2.88. The first kappa shape index (κ1) is 15.1. The van der Waals surface area contributed by atoms with Crippen LogP contribution in [0.2, 0.25) is 0 Å². The highest BCUT2D eigenvalue weighted by atomic mass is 79.9. The lowest BCUT2D eigenvalue weighted by atomic mass is 9.98. The van der Waals surface area contributed by atoms with Crippen molar-refractivity contribution in [2.45, 2.75) is 19.9 Å². The molecule has 0 aliphatic heterocycles. The Balaban J connectivity index is 2.54. The van der Waals surface area contributed by atoms with Crippen molar-refractivity contribution in [3.63, 3.8) is 0 Å². The van der Waals surface area contributed by atoms with E-state index < -0.39 is 0 Å². The Morgan fingerprint density at radius 2 is 1.95 bits per heavy atom. The molecule has 1 unspecified atom stereocenters. The molecule has 0 bridgehead atoms. The second-order valence-corrected chi connectivity index (χ2v) is 7.60. The number of hydrogen-bond donors (Lipinski definition) is 2. The minimum atomic E-state index is -0.354. The van der Waals surface area contributed by atoms with Crippen LogP contribution in [0.4, 0.5) is 4.39 Å². The van der Waals surface area contributed by atoms with Crippen molar-refractivity contribution in [3.05, 3.63) is 53.8 Å². The average molecular weight is 408 g/mol. The summed E-state index contributed by atoms with van der Waals surface area (Å²) in [6.07, 6.45) is 0. The Kier molecular flexibility index (Phi) is 4.79. The number of aryl methyl sites for hydroxylation is 2. The number of nitrogens with two attached hydrogens (primary N) is 1. The number of benzene rings is 1. The molecule has 0 saturated carbocycles. The van der Waals surface area contributed by atoms with Crippen LogP contribution in [0.5, 0.6) is 0 Å². The predicted molar refractivity (Wildman–Crippen MR) is 84.8 cm³/mol. The minimum absolute atomic E-state index is 0.235. The molecular formula is C13H13Br2FN2S. The maximum absolute atomic E-state index is 14.2. The van der Waals surface area contributed by atoms with Crippen LogP contribution in [0.3, 0.4) is 0 Å². The number of thiophene rings is 1. The van der Waals surface area contributed by atoms with Gasteiger partial charge < -0.3 is 0 Å². The summed E-state index contributed by atoms with van der Waals surface area (Å²) in [4.78, 5) is 0.951. The van der Waals surface area contributed by atoms with E-state index in [0.29, 0.717) is 5.56 Å². The van der Waals surface area contributed by atoms with Crippen molar-refractivity contribution in [3.8, 4) is 0 Å². The zero-order valence-corrected chi connectivity index (χ0v) is 14.4. The van der Waals surface area contributed by atoms with Gasteiger partial charge in [0.1, 0.15) is 5.82 Å². The van der Waals surface area contributed by atoms with E-state index in [0.717, 1.165) is 24.3 Å². The van der Waals surface area contributed by atoms with Gasteiger partial charge in [-0.05, 0) is 69.0 Å². The number of rotatable bonds is 3. The molecule has 0 aliphatic rings. The van der Waals surface area contributed by atoms with Gasteiger partial charge in [-0.3, -0.25) is 5.84 Å². The van der Waals surface area contributed by atoms with Gasteiger partial charge in [0, 0.05) is 14.9 Å². The van der Waals surface area contributed by atoms with E-state index in [2.05, 4.69) is 37.3 Å². The molecule has 0 aliphatic carbocycles. The van der Waals surface area contributed by atoms with Gasteiger partial charge in [-0.15, -0.1) is 11.3 Å². The maximum Gasteiger partial charge on any atom is 0.128 e. The molecule has 0 spiro atoms. The van der Waals surface area contributed by atoms with Crippen molar-refractivity contribution in [1.82, 2.24) is 5.43 Å². The first-order valence-corrected chi connectivity index (χ1v) is 8.01. The standard InChI is InChI=1S/C13H13Br2FN2S/c1-6-3-7(2)11(9(16)4-6)12(18-17)10-5-8(14)13(15)19-10/h3-5,12,18H,17H2,1-2H3. The Hall–Kier alpha value is -0.270. The topological polar surface area (TPSA) is 38.0 Å². The second kappa shape index (κ2) is 6.01. The first-order valence-electron chi connectivity index (χ1n) is 5.61. The van der Waals surface area contributed by atoms with E-state index in [4.69, 9.17) is 5.84 Å². The monoisotopic (exact) mass is 406 g/mol. The lowest BCUT2D eigenvalue weighted by Gasteiger charge is -2.18. The normalized spacial score (nSPS) is 12.7. The minimum Gasteiger partial charge on any atom is -0.271 e. The molecule has 19 heavy (non-hydrogen) atoms. The quantitative estimate of drug-likeness (QED) is 0.577. The smallest absolute Gasteiger partial charge is 0.128 e. The summed E-state index contributed by atoms with van der Waals surface area (Å²) in [7, 11) is 0. The van der Waals surface area contributed by atoms with Crippen LogP contribution in [0.1, 0.15) is 27.6 Å². The maximum atomic E-state index is 14.2. The molecule has 1 aromatic carbocycles. The molecular weight excluding hydrogens is 395 g/mol. The molecule has 2 aromatic rings. The highest BCUT2D eigenvalue weighted by Crippen LogP contribution is 2.38. The van der Waals surface area contributed by atoms with E-state index in [1.165, 1.54) is 17.4 Å². The van der Waals surface area contributed by atoms with Gasteiger partial charge in [-0.25, -0.2) is 9.82 Å². The summed E-state index contributed by atoms with van der Waals surface area (Å²) >= 11 is 8.40. The van der Waals surface area contributed by atoms with Gasteiger partial charge in [0.2, 0.25) is 0 Å². The fraction of sp³-hybridized carbons (Fsp3) is 0.231. The zero-order chi connectivity index (χ0) is 14.2. The van der Waals surface area contributed by atoms with E-state index in [9.17, 15) is 4.39 Å². The largest absolute Gasteiger partial charge is 0.271 e. The van der Waals surface area contributed by atoms with Crippen molar-refractivity contribution in [1.29, 1.82) is 0 Å². The van der Waals surface area contributed by atoms with Gasteiger partial charge in [0.05, 0.1) is 9.83 Å². The second-order valence-electron chi connectivity index (χ2n) is 4.35. The van der Waals surface area contributed by atoms with Crippen molar-refractivity contribution < 1.29 is 4.39 Å². The molecule has 6 heteroatoms. The lowest BCUT2D eigenvalue weighted by molar-refractivity contribution is 0.560. The van der Waals surface area contributed by atoms with Crippen molar-refractivity contribution >= 4 is 43.2 Å². The number of hydrogen-bond acceptors (Lipinski definition) is 3. The van der Waals surface area contributed by atoms with E-state index in [-0.39, 0.29) is 11.9 Å². The molecule has 2 nitrogen and oxygen atoms in total. The SMILES string of the molecule is Cc1cc(C)c(C(NN)c2cc(Br)c(Br)s2)c(F)c1. The van der Waals surface area contributed by atoms with E-state index >= 15 is 0 Å². The molecule has 1 heterocycles. The molecule has 0 amide bonds. The number of hydrazine groups is 1. The Labute approximate surface area is 132 Å². The van der Waals surface area contributed by atoms with Crippen LogP contribution in [-0.2, 0) is 0 Å². The Morgan fingerprint density at radius 1 is 1.26 bits per heavy atom. The molecule has 1 aromatic heterocycles. The van der Waals surface area contributed by atoms with E-state index in [1.54, 1.807) is 0 Å². The lowest BCUT2D eigenvalue weighted by Crippen LogP contribution is -2.29. The third kappa shape index (κ3) is 3.08. The van der Waals surface area contributed by atoms with Gasteiger partial charge >= 0.3 is 0 Å². The third-order valence-corrected chi connectivity index (χ3v) is 6.21. The Bertz CT molecular complexity index is 570. The molecule has 1 atom stereocenters. The zero-order valence-electron chi connectivity index (χ0n) is 10.4. The van der Waals surface area contributed by atoms with Crippen LogP contribution in [0, 0.1) is 19.7 Å². The fourth-order valence-corrected chi connectivity index (χ4v) is 4.27. The number of nitrogens with one attached hydrogen (secondary N) is 1. The van der Waals surface area contributed by atoms with Crippen LogP contribution >= 0.6 is 43.2 Å². The molecule has 2 rings (SSSR count). The van der Waals surface area contributed by atoms with E-state index in [1.807, 2.05) is 26.0 Å². The highest BCUT2D eigenvalue weighted by Gasteiger charge is 2.22. The summed E-state index contributed by atoms with van der Waals surface area (Å²) in [6.45, 7) is 3.77. The average Bonchev–Trinajstić information content (AvgIpc) is 2.63. The molecule has 0 saturated heterocycles. The Morgan fingerprint density at radius 3 is 2.42 bits per heavy atom. The van der Waals surface area contributed by atoms with Gasteiger partial charge in [0.25, 0.3) is 0 Å². The molecule has 3 N–H and O–H groups in total. The summed E-state index contributed by atoms with van der Waals surface area (Å²) in [6, 6.07) is 5.08. The van der Waals surface area contributed by atoms with Crippen molar-refractivity contribution in [2.75, 3.05) is 0 Å². The van der Waals surface area contributed by atoms with Gasteiger partial charge in [-0.2, -0.15) is 0 Å². The van der Waals surface area contributed by atoms with Crippen molar-refractivity contribution in [2.24, 2.45) is 5.84 Å². The highest BCUT2D eigenvalue weighted by molar-refractivity contribution is 9.13. The molecule has 0 radical (unpaired) electrons. The summed E-state index contributed by atoms with van der Waals surface area (Å²) in [5.41, 5.74) is 5.09. The van der Waals surface area contributed by atoms with Crippen LogP contribution in [-0.4, -0.2) is 0 Å². The fourth-order valence-electron chi connectivity index (χ4n) is 2.11. The number of halogens is 3. The van der Waals surface area contributed by atoms with Crippen LogP contribution in [0.15, 0.2) is 26.5 Å². The van der Waals surface area contributed by atoms with Gasteiger partial charge in [-0.1, -0.05) is 6.07 Å². The van der Waals surface area contributed by atoms with Crippen LogP contribution in [0.25, 0.3) is 0 Å². The molecule has 0 fully saturated rings. The van der Waals surface area contributed by atoms with Crippen LogP contribution < -0.4 is 11.3 Å². The first-order chi connectivity index (χ1) is 8.93. The summed E-state index contributed by atoms with van der Waals surface area (Å²) < 4.78 is 16.1. The summed E-state index contributed by atoms with van der Waals surface area (Å²) in [5, 5.41) is 0. The van der Waals surface area contributed by atoms with Gasteiger partial charge in [0.15, 0.2) is 0 Å². The predicted octanol–water partition coefficient (Wildman–Crippen LogP) is 4.58. The summed E-state index contributed by atoms with van der Waals surface area (Å²) in [5.74, 6) is 5.40. The molecule has 102 valence electrons.